The average Bonchev–Trinajstić information content (AvgIpc) is 3.17. The lowest BCUT2D eigenvalue weighted by atomic mass is 10.1. The molecule has 0 aliphatic carbocycles. The zero-order valence-corrected chi connectivity index (χ0v) is 17.5. The normalized spacial score (nSPS) is 19.2. The molecule has 1 aromatic carbocycles. The zero-order valence-electron chi connectivity index (χ0n) is 16.7. The van der Waals surface area contributed by atoms with E-state index < -0.39 is 0 Å². The molecule has 1 aromatic rings. The van der Waals surface area contributed by atoms with Crippen molar-refractivity contribution in [3.8, 4) is 11.5 Å². The number of benzene rings is 1. The fourth-order valence-electron chi connectivity index (χ4n) is 3.40. The number of hydrogen-bond acceptors (Lipinski definition) is 5. The van der Waals surface area contributed by atoms with Gasteiger partial charge in [-0.3, -0.25) is 0 Å². The molecule has 28 heavy (non-hydrogen) atoms. The molecule has 3 rings (SSSR count). The molecular weight excluding hydrogens is 382 g/mol. The molecule has 1 saturated heterocycles. The van der Waals surface area contributed by atoms with Crippen molar-refractivity contribution in [1.29, 1.82) is 0 Å². The number of fused-ring (bicyclic) bond motifs is 1. The third-order valence-electron chi connectivity index (χ3n) is 4.77. The minimum absolute atomic E-state index is 0.518. The SMILES string of the molecule is CCNC(=NCc1cc(Cl)c2c(c1)OCCO2)N1CCC(COCCOC)C1. The largest absolute Gasteiger partial charge is 0.486 e. The van der Waals surface area contributed by atoms with Crippen molar-refractivity contribution in [3.63, 3.8) is 0 Å². The number of likely N-dealkylation sites (tertiary alicyclic amines) is 1. The van der Waals surface area contributed by atoms with Crippen molar-refractivity contribution in [2.24, 2.45) is 10.9 Å². The number of rotatable bonds is 8. The first-order valence-electron chi connectivity index (χ1n) is 9.89. The van der Waals surface area contributed by atoms with Gasteiger partial charge in [-0.1, -0.05) is 11.6 Å². The Morgan fingerprint density at radius 1 is 1.32 bits per heavy atom. The summed E-state index contributed by atoms with van der Waals surface area (Å²) in [5.41, 5.74) is 1.00. The van der Waals surface area contributed by atoms with Gasteiger partial charge in [-0.05, 0) is 31.0 Å². The first-order chi connectivity index (χ1) is 13.7. The first kappa shape index (κ1) is 21.0. The quantitative estimate of drug-likeness (QED) is 0.403. The summed E-state index contributed by atoms with van der Waals surface area (Å²) >= 11 is 6.34. The minimum Gasteiger partial charge on any atom is -0.486 e. The van der Waals surface area contributed by atoms with Crippen LogP contribution in [-0.4, -0.2) is 70.6 Å². The van der Waals surface area contributed by atoms with E-state index in [-0.39, 0.29) is 0 Å². The van der Waals surface area contributed by atoms with Crippen LogP contribution < -0.4 is 14.8 Å². The van der Waals surface area contributed by atoms with Crippen molar-refractivity contribution in [2.75, 3.05) is 59.8 Å². The summed E-state index contributed by atoms with van der Waals surface area (Å²) in [5.74, 6) is 2.77. The predicted molar refractivity (Wildman–Crippen MR) is 110 cm³/mol. The molecule has 7 nitrogen and oxygen atoms in total. The third-order valence-corrected chi connectivity index (χ3v) is 5.05. The number of halogens is 1. The Kier molecular flexibility index (Phi) is 8.06. The van der Waals surface area contributed by atoms with E-state index in [1.165, 1.54) is 0 Å². The standard InChI is InChI=1S/C20H30ClN3O4/c1-3-22-20(24-5-4-15(13-24)14-26-7-6-25-2)23-12-16-10-17(21)19-18(11-16)27-8-9-28-19/h10-11,15H,3-9,12-14H2,1-2H3,(H,22,23). The van der Waals surface area contributed by atoms with Gasteiger partial charge < -0.3 is 29.2 Å². The molecule has 0 radical (unpaired) electrons. The molecule has 1 atom stereocenters. The van der Waals surface area contributed by atoms with Gasteiger partial charge in [-0.15, -0.1) is 0 Å². The Balaban J connectivity index is 1.59. The number of nitrogens with one attached hydrogen (secondary N) is 1. The molecule has 1 fully saturated rings. The highest BCUT2D eigenvalue weighted by atomic mass is 35.5. The van der Waals surface area contributed by atoms with Crippen LogP contribution in [0.3, 0.4) is 0 Å². The van der Waals surface area contributed by atoms with Gasteiger partial charge in [-0.2, -0.15) is 0 Å². The molecule has 0 bridgehead atoms. The summed E-state index contributed by atoms with van der Waals surface area (Å²) in [7, 11) is 1.69. The van der Waals surface area contributed by atoms with Gasteiger partial charge in [0.1, 0.15) is 13.2 Å². The topological polar surface area (TPSA) is 64.6 Å². The van der Waals surface area contributed by atoms with Crippen LogP contribution in [0.5, 0.6) is 11.5 Å². The van der Waals surface area contributed by atoms with E-state index in [1.54, 1.807) is 7.11 Å². The maximum Gasteiger partial charge on any atom is 0.194 e. The first-order valence-corrected chi connectivity index (χ1v) is 10.3. The van der Waals surface area contributed by atoms with E-state index in [4.69, 9.17) is 35.5 Å². The second-order valence-corrected chi connectivity index (χ2v) is 7.35. The molecule has 1 unspecified atom stereocenters. The summed E-state index contributed by atoms with van der Waals surface area (Å²) in [6.07, 6.45) is 1.10. The second-order valence-electron chi connectivity index (χ2n) is 6.94. The van der Waals surface area contributed by atoms with Gasteiger partial charge in [0.25, 0.3) is 0 Å². The Hall–Kier alpha value is -1.70. The van der Waals surface area contributed by atoms with Crippen molar-refractivity contribution in [1.82, 2.24) is 10.2 Å². The van der Waals surface area contributed by atoms with Crippen LogP contribution in [0.1, 0.15) is 18.9 Å². The molecule has 1 N–H and O–H groups in total. The van der Waals surface area contributed by atoms with Gasteiger partial charge in [-0.25, -0.2) is 4.99 Å². The van der Waals surface area contributed by atoms with E-state index in [2.05, 4.69) is 17.1 Å². The second kappa shape index (κ2) is 10.7. The molecule has 0 saturated carbocycles. The van der Waals surface area contributed by atoms with Crippen LogP contribution in [0, 0.1) is 5.92 Å². The van der Waals surface area contributed by atoms with Crippen molar-refractivity contribution < 1.29 is 18.9 Å². The summed E-state index contributed by atoms with van der Waals surface area (Å²) in [4.78, 5) is 7.11. The van der Waals surface area contributed by atoms with Crippen LogP contribution in [-0.2, 0) is 16.0 Å². The third kappa shape index (κ3) is 5.65. The summed E-state index contributed by atoms with van der Waals surface area (Å²) in [5, 5.41) is 3.97. The van der Waals surface area contributed by atoms with Gasteiger partial charge in [0, 0.05) is 32.7 Å². The van der Waals surface area contributed by atoms with Crippen LogP contribution in [0.2, 0.25) is 5.02 Å². The molecule has 8 heteroatoms. The molecule has 156 valence electrons. The number of guanidine groups is 1. The van der Waals surface area contributed by atoms with Crippen molar-refractivity contribution >= 4 is 17.6 Å². The van der Waals surface area contributed by atoms with E-state index in [0.717, 1.165) is 44.2 Å². The smallest absolute Gasteiger partial charge is 0.194 e. The van der Waals surface area contributed by atoms with E-state index in [0.29, 0.717) is 55.4 Å². The molecule has 0 aromatic heterocycles. The van der Waals surface area contributed by atoms with Crippen LogP contribution in [0.4, 0.5) is 0 Å². The Labute approximate surface area is 171 Å². The number of methoxy groups -OCH3 is 1. The number of hydrogen-bond donors (Lipinski definition) is 1. The minimum atomic E-state index is 0.518. The lowest BCUT2D eigenvalue weighted by Crippen LogP contribution is -2.40. The summed E-state index contributed by atoms with van der Waals surface area (Å²) < 4.78 is 22.0. The highest BCUT2D eigenvalue weighted by Gasteiger charge is 2.25. The Morgan fingerprint density at radius 2 is 2.18 bits per heavy atom. The maximum atomic E-state index is 6.34. The Bertz CT molecular complexity index is 671. The molecule has 2 aliphatic rings. The van der Waals surface area contributed by atoms with Crippen LogP contribution in [0.15, 0.2) is 17.1 Å². The lowest BCUT2D eigenvalue weighted by molar-refractivity contribution is 0.0536. The summed E-state index contributed by atoms with van der Waals surface area (Å²) in [6, 6.07) is 3.86. The van der Waals surface area contributed by atoms with Gasteiger partial charge in [0.15, 0.2) is 17.5 Å². The fourth-order valence-corrected chi connectivity index (χ4v) is 3.69. The van der Waals surface area contributed by atoms with E-state index in [1.807, 2.05) is 12.1 Å². The monoisotopic (exact) mass is 411 g/mol. The van der Waals surface area contributed by atoms with Gasteiger partial charge in [0.2, 0.25) is 0 Å². The molecule has 0 amide bonds. The van der Waals surface area contributed by atoms with Gasteiger partial charge >= 0.3 is 0 Å². The van der Waals surface area contributed by atoms with Crippen LogP contribution >= 0.6 is 11.6 Å². The molecule has 2 aliphatic heterocycles. The van der Waals surface area contributed by atoms with Crippen molar-refractivity contribution in [2.45, 2.75) is 19.9 Å². The zero-order chi connectivity index (χ0) is 19.8. The Morgan fingerprint density at radius 3 is 3.00 bits per heavy atom. The van der Waals surface area contributed by atoms with E-state index >= 15 is 0 Å². The highest BCUT2D eigenvalue weighted by molar-refractivity contribution is 6.32. The predicted octanol–water partition coefficient (Wildman–Crippen LogP) is 2.56. The summed E-state index contributed by atoms with van der Waals surface area (Å²) in [6.45, 7) is 8.48. The van der Waals surface area contributed by atoms with Gasteiger partial charge in [0.05, 0.1) is 31.4 Å². The fraction of sp³-hybridized carbons (Fsp3) is 0.650. The number of nitrogens with zero attached hydrogens (tertiary/aromatic N) is 2. The lowest BCUT2D eigenvalue weighted by Gasteiger charge is -2.22. The van der Waals surface area contributed by atoms with Crippen molar-refractivity contribution in [3.05, 3.63) is 22.7 Å². The van der Waals surface area contributed by atoms with Crippen LogP contribution in [0.25, 0.3) is 0 Å². The average molecular weight is 412 g/mol. The molecular formula is C20H30ClN3O4. The van der Waals surface area contributed by atoms with E-state index in [9.17, 15) is 0 Å². The molecule has 2 heterocycles. The molecule has 0 spiro atoms. The maximum absolute atomic E-state index is 6.34. The number of aliphatic imine (C=N–C) groups is 1. The highest BCUT2D eigenvalue weighted by Crippen LogP contribution is 2.38. The number of ether oxygens (including phenoxy) is 4.